The zero-order valence-electron chi connectivity index (χ0n) is 15.6. The Labute approximate surface area is 159 Å². The number of amides is 3. The summed E-state index contributed by atoms with van der Waals surface area (Å²) in [6.45, 7) is 3.21. The Hall–Kier alpha value is -2.57. The van der Waals surface area contributed by atoms with Crippen LogP contribution in [-0.2, 0) is 16.1 Å². The van der Waals surface area contributed by atoms with Crippen molar-refractivity contribution in [2.24, 2.45) is 5.92 Å². The van der Waals surface area contributed by atoms with Gasteiger partial charge in [-0.25, -0.2) is 4.79 Å². The van der Waals surface area contributed by atoms with E-state index in [1.54, 1.807) is 4.90 Å². The number of hydrogen-bond donors (Lipinski definition) is 3. The van der Waals surface area contributed by atoms with Crippen LogP contribution in [0.4, 0.5) is 4.79 Å². The van der Waals surface area contributed by atoms with Gasteiger partial charge >= 0.3 is 12.0 Å². The van der Waals surface area contributed by atoms with E-state index in [0.717, 1.165) is 5.56 Å². The number of aryl methyl sites for hydroxylation is 1. The molecular formula is C20H27N3O4. The molecule has 3 N–H and O–H groups in total. The number of carbonyl (C=O) groups excluding carboxylic acids is 2. The normalized spacial score (nSPS) is 25.3. The van der Waals surface area contributed by atoms with E-state index < -0.39 is 12.0 Å². The van der Waals surface area contributed by atoms with Crippen molar-refractivity contribution in [1.29, 1.82) is 0 Å². The Bertz CT molecular complexity index is 696. The molecule has 1 saturated carbocycles. The Morgan fingerprint density at radius 2 is 1.74 bits per heavy atom. The lowest BCUT2D eigenvalue weighted by Crippen LogP contribution is -2.49. The first kappa shape index (κ1) is 19.2. The van der Waals surface area contributed by atoms with Crippen LogP contribution in [-0.4, -0.2) is 46.5 Å². The van der Waals surface area contributed by atoms with E-state index in [2.05, 4.69) is 10.6 Å². The van der Waals surface area contributed by atoms with E-state index >= 15 is 0 Å². The summed E-state index contributed by atoms with van der Waals surface area (Å²) in [7, 11) is 0. The molecule has 1 saturated heterocycles. The van der Waals surface area contributed by atoms with Crippen LogP contribution in [0.15, 0.2) is 24.3 Å². The smallest absolute Gasteiger partial charge is 0.315 e. The average Bonchev–Trinajstić information content (AvgIpc) is 2.97. The molecule has 3 amide bonds. The SMILES string of the molecule is Cc1ccc(CN2CCC(NC(=O)NC3CCC(C(=O)O)CC3)C2=O)cc1. The summed E-state index contributed by atoms with van der Waals surface area (Å²) in [6, 6.07) is 7.22. The van der Waals surface area contributed by atoms with Crippen LogP contribution in [0.3, 0.4) is 0 Å². The summed E-state index contributed by atoms with van der Waals surface area (Å²) >= 11 is 0. The molecule has 1 aliphatic carbocycles. The van der Waals surface area contributed by atoms with Crippen molar-refractivity contribution < 1.29 is 19.5 Å². The molecule has 1 aromatic rings. The highest BCUT2D eigenvalue weighted by molar-refractivity contribution is 5.88. The Kier molecular flexibility index (Phi) is 5.98. The lowest BCUT2D eigenvalue weighted by Gasteiger charge is -2.27. The van der Waals surface area contributed by atoms with Gasteiger partial charge in [0.2, 0.25) is 5.91 Å². The summed E-state index contributed by atoms with van der Waals surface area (Å²) in [5, 5.41) is 14.7. The number of hydrogen-bond acceptors (Lipinski definition) is 3. The van der Waals surface area contributed by atoms with Crippen LogP contribution in [0.25, 0.3) is 0 Å². The second-order valence-electron chi connectivity index (χ2n) is 7.59. The number of carbonyl (C=O) groups is 3. The molecule has 7 nitrogen and oxygen atoms in total. The van der Waals surface area contributed by atoms with Gasteiger partial charge in [-0.15, -0.1) is 0 Å². The van der Waals surface area contributed by atoms with Crippen molar-refractivity contribution in [3.05, 3.63) is 35.4 Å². The van der Waals surface area contributed by atoms with Gasteiger partial charge in [0.1, 0.15) is 6.04 Å². The maximum absolute atomic E-state index is 12.5. The summed E-state index contributed by atoms with van der Waals surface area (Å²) in [5.74, 6) is -1.12. The van der Waals surface area contributed by atoms with Crippen LogP contribution < -0.4 is 10.6 Å². The molecule has 1 atom stereocenters. The second-order valence-corrected chi connectivity index (χ2v) is 7.59. The Balaban J connectivity index is 1.44. The first-order valence-electron chi connectivity index (χ1n) is 9.56. The minimum atomic E-state index is -0.761. The standard InChI is InChI=1S/C20H27N3O4/c1-13-2-4-14(5-3-13)12-23-11-10-17(18(23)24)22-20(27)21-16-8-6-15(7-9-16)19(25)26/h2-5,15-17H,6-12H2,1H3,(H,25,26)(H2,21,22,27). The monoisotopic (exact) mass is 373 g/mol. The fourth-order valence-corrected chi connectivity index (χ4v) is 3.81. The van der Waals surface area contributed by atoms with E-state index in [1.165, 1.54) is 5.56 Å². The largest absolute Gasteiger partial charge is 0.481 e. The predicted octanol–water partition coefficient (Wildman–Crippen LogP) is 2.04. The van der Waals surface area contributed by atoms with Gasteiger partial charge in [0, 0.05) is 19.1 Å². The van der Waals surface area contributed by atoms with Gasteiger partial charge in [0.05, 0.1) is 5.92 Å². The van der Waals surface area contributed by atoms with Gasteiger partial charge < -0.3 is 20.6 Å². The van der Waals surface area contributed by atoms with E-state index in [4.69, 9.17) is 5.11 Å². The summed E-state index contributed by atoms with van der Waals surface area (Å²) in [6.07, 6.45) is 3.06. The highest BCUT2D eigenvalue weighted by atomic mass is 16.4. The van der Waals surface area contributed by atoms with Crippen molar-refractivity contribution in [3.8, 4) is 0 Å². The number of nitrogens with zero attached hydrogens (tertiary/aromatic N) is 1. The molecule has 1 unspecified atom stereocenters. The molecule has 1 aromatic carbocycles. The number of likely N-dealkylation sites (tertiary alicyclic amines) is 1. The highest BCUT2D eigenvalue weighted by Gasteiger charge is 2.33. The molecular weight excluding hydrogens is 346 g/mol. The summed E-state index contributed by atoms with van der Waals surface area (Å²) in [4.78, 5) is 37.5. The lowest BCUT2D eigenvalue weighted by atomic mass is 9.86. The number of urea groups is 1. The molecule has 2 aliphatic rings. The number of benzene rings is 1. The van der Waals surface area contributed by atoms with E-state index in [0.29, 0.717) is 45.2 Å². The molecule has 0 bridgehead atoms. The van der Waals surface area contributed by atoms with Crippen molar-refractivity contribution in [2.75, 3.05) is 6.54 Å². The number of carboxylic acid groups (broad SMARTS) is 1. The van der Waals surface area contributed by atoms with Crippen LogP contribution in [0.2, 0.25) is 0 Å². The lowest BCUT2D eigenvalue weighted by molar-refractivity contribution is -0.142. The molecule has 0 aromatic heterocycles. The predicted molar refractivity (Wildman–Crippen MR) is 100 cm³/mol. The Morgan fingerprint density at radius 3 is 2.37 bits per heavy atom. The van der Waals surface area contributed by atoms with Gasteiger partial charge in [-0.1, -0.05) is 29.8 Å². The van der Waals surface area contributed by atoms with Crippen LogP contribution in [0, 0.1) is 12.8 Å². The third-order valence-electron chi connectivity index (χ3n) is 5.51. The van der Waals surface area contributed by atoms with Gasteiger partial charge in [-0.05, 0) is 44.6 Å². The van der Waals surface area contributed by atoms with Gasteiger partial charge in [0.15, 0.2) is 0 Å². The quantitative estimate of drug-likeness (QED) is 0.735. The molecule has 1 aliphatic heterocycles. The number of nitrogens with one attached hydrogen (secondary N) is 2. The first-order valence-corrected chi connectivity index (χ1v) is 9.56. The van der Waals surface area contributed by atoms with Crippen molar-refractivity contribution in [1.82, 2.24) is 15.5 Å². The minimum absolute atomic E-state index is 0.0271. The molecule has 2 fully saturated rings. The summed E-state index contributed by atoms with van der Waals surface area (Å²) < 4.78 is 0. The maximum atomic E-state index is 12.5. The van der Waals surface area contributed by atoms with E-state index in [9.17, 15) is 14.4 Å². The fraction of sp³-hybridized carbons (Fsp3) is 0.550. The molecule has 27 heavy (non-hydrogen) atoms. The van der Waals surface area contributed by atoms with Crippen molar-refractivity contribution in [3.63, 3.8) is 0 Å². The van der Waals surface area contributed by atoms with Gasteiger partial charge in [-0.3, -0.25) is 9.59 Å². The molecule has 7 heteroatoms. The van der Waals surface area contributed by atoms with Crippen molar-refractivity contribution >= 4 is 17.9 Å². The Morgan fingerprint density at radius 1 is 1.07 bits per heavy atom. The van der Waals surface area contributed by atoms with Gasteiger partial charge in [-0.2, -0.15) is 0 Å². The molecule has 1 heterocycles. The van der Waals surface area contributed by atoms with Crippen LogP contribution in [0.1, 0.15) is 43.2 Å². The average molecular weight is 373 g/mol. The number of rotatable bonds is 5. The first-order chi connectivity index (χ1) is 12.9. The zero-order chi connectivity index (χ0) is 19.4. The number of carboxylic acids is 1. The van der Waals surface area contributed by atoms with Gasteiger partial charge in [0.25, 0.3) is 0 Å². The summed E-state index contributed by atoms with van der Waals surface area (Å²) in [5.41, 5.74) is 2.26. The van der Waals surface area contributed by atoms with E-state index in [1.807, 2.05) is 31.2 Å². The fourth-order valence-electron chi connectivity index (χ4n) is 3.81. The molecule has 0 radical (unpaired) electrons. The van der Waals surface area contributed by atoms with Crippen molar-refractivity contribution in [2.45, 2.75) is 57.7 Å². The highest BCUT2D eigenvalue weighted by Crippen LogP contribution is 2.24. The molecule has 0 spiro atoms. The number of aliphatic carboxylic acids is 1. The second kappa shape index (κ2) is 8.41. The zero-order valence-corrected chi connectivity index (χ0v) is 15.6. The third kappa shape index (κ3) is 4.99. The molecule has 146 valence electrons. The third-order valence-corrected chi connectivity index (χ3v) is 5.51. The van der Waals surface area contributed by atoms with Crippen LogP contribution in [0.5, 0.6) is 0 Å². The minimum Gasteiger partial charge on any atom is -0.481 e. The van der Waals surface area contributed by atoms with E-state index in [-0.39, 0.29) is 23.9 Å². The molecule has 3 rings (SSSR count). The topological polar surface area (TPSA) is 98.7 Å². The van der Waals surface area contributed by atoms with Crippen LogP contribution >= 0.6 is 0 Å². The maximum Gasteiger partial charge on any atom is 0.315 e.